The van der Waals surface area contributed by atoms with Gasteiger partial charge in [0.05, 0.1) is 7.11 Å². The fraction of sp³-hybridized carbons (Fsp3) is 0.278. The van der Waals surface area contributed by atoms with Gasteiger partial charge in [0.15, 0.2) is 0 Å². The Morgan fingerprint density at radius 3 is 2.65 bits per heavy atom. The second-order valence-electron chi connectivity index (χ2n) is 5.27. The average Bonchev–Trinajstić information content (AvgIpc) is 2.50. The number of aryl methyl sites for hydroxylation is 1. The maximum Gasteiger partial charge on any atom is 0.141 e. The van der Waals surface area contributed by atoms with Gasteiger partial charge in [0, 0.05) is 12.3 Å². The molecule has 0 radical (unpaired) electrons. The van der Waals surface area contributed by atoms with Crippen LogP contribution < -0.4 is 4.74 Å². The molecule has 0 saturated heterocycles. The molecule has 0 unspecified atom stereocenters. The van der Waals surface area contributed by atoms with Gasteiger partial charge in [-0.15, -0.1) is 0 Å². The van der Waals surface area contributed by atoms with E-state index in [1.807, 2.05) is 24.3 Å². The molecule has 20 heavy (non-hydrogen) atoms. The molecule has 0 spiro atoms. The maximum absolute atomic E-state index is 12.3. The SMILES string of the molecule is COc1ccc2c(c1)CCC(=O)[C@H]2Cc1ccccc1. The Kier molecular flexibility index (Phi) is 3.55. The van der Waals surface area contributed by atoms with Crippen LogP contribution in [-0.2, 0) is 17.6 Å². The van der Waals surface area contributed by atoms with Gasteiger partial charge in [-0.25, -0.2) is 0 Å². The highest BCUT2D eigenvalue weighted by Gasteiger charge is 2.27. The number of Topliss-reactive ketones (excluding diaryl/α,β-unsaturated/α-hetero) is 1. The molecule has 0 aromatic heterocycles. The van der Waals surface area contributed by atoms with Crippen LogP contribution in [0.1, 0.15) is 29.0 Å². The van der Waals surface area contributed by atoms with Crippen LogP contribution in [0.3, 0.4) is 0 Å². The highest BCUT2D eigenvalue weighted by Crippen LogP contribution is 2.33. The Hall–Kier alpha value is -2.09. The van der Waals surface area contributed by atoms with Crippen LogP contribution in [0.5, 0.6) is 5.75 Å². The third kappa shape index (κ3) is 2.46. The van der Waals surface area contributed by atoms with Gasteiger partial charge < -0.3 is 4.74 Å². The van der Waals surface area contributed by atoms with Crippen molar-refractivity contribution in [1.29, 1.82) is 0 Å². The number of fused-ring (bicyclic) bond motifs is 1. The molecule has 3 rings (SSSR count). The summed E-state index contributed by atoms with van der Waals surface area (Å²) < 4.78 is 5.28. The molecule has 0 N–H and O–H groups in total. The van der Waals surface area contributed by atoms with E-state index in [0.29, 0.717) is 12.2 Å². The van der Waals surface area contributed by atoms with Gasteiger partial charge in [-0.3, -0.25) is 4.79 Å². The number of carbonyl (C=O) groups is 1. The summed E-state index contributed by atoms with van der Waals surface area (Å²) in [6, 6.07) is 16.3. The van der Waals surface area contributed by atoms with Crippen molar-refractivity contribution in [2.45, 2.75) is 25.2 Å². The van der Waals surface area contributed by atoms with Crippen LogP contribution in [0.15, 0.2) is 48.5 Å². The number of ketones is 1. The van der Waals surface area contributed by atoms with E-state index < -0.39 is 0 Å². The van der Waals surface area contributed by atoms with Crippen molar-refractivity contribution in [2.75, 3.05) is 7.11 Å². The van der Waals surface area contributed by atoms with E-state index in [0.717, 1.165) is 18.6 Å². The van der Waals surface area contributed by atoms with Gasteiger partial charge >= 0.3 is 0 Å². The standard InChI is InChI=1S/C18H18O2/c1-20-15-8-9-16-14(12-15)7-10-18(19)17(16)11-13-5-3-2-4-6-13/h2-6,8-9,12,17H,7,10-11H2,1H3/t17-/m0/s1. The fourth-order valence-electron chi connectivity index (χ4n) is 2.94. The van der Waals surface area contributed by atoms with Gasteiger partial charge in [0.25, 0.3) is 0 Å². The molecule has 0 amide bonds. The molecular weight excluding hydrogens is 248 g/mol. The van der Waals surface area contributed by atoms with E-state index in [-0.39, 0.29) is 5.92 Å². The highest BCUT2D eigenvalue weighted by atomic mass is 16.5. The van der Waals surface area contributed by atoms with E-state index >= 15 is 0 Å². The number of methoxy groups -OCH3 is 1. The lowest BCUT2D eigenvalue weighted by molar-refractivity contribution is -0.120. The summed E-state index contributed by atoms with van der Waals surface area (Å²) in [6.45, 7) is 0. The minimum absolute atomic E-state index is 0.00736. The van der Waals surface area contributed by atoms with E-state index in [1.54, 1.807) is 7.11 Å². The summed E-state index contributed by atoms with van der Waals surface area (Å²) in [4.78, 5) is 12.3. The molecule has 2 heteroatoms. The van der Waals surface area contributed by atoms with Crippen molar-refractivity contribution >= 4 is 5.78 Å². The van der Waals surface area contributed by atoms with Crippen LogP contribution in [0.2, 0.25) is 0 Å². The first-order valence-electron chi connectivity index (χ1n) is 7.01. The number of rotatable bonds is 3. The highest BCUT2D eigenvalue weighted by molar-refractivity contribution is 5.88. The number of ether oxygens (including phenoxy) is 1. The first-order valence-corrected chi connectivity index (χ1v) is 7.01. The zero-order valence-corrected chi connectivity index (χ0v) is 11.6. The van der Waals surface area contributed by atoms with E-state index in [9.17, 15) is 4.79 Å². The van der Waals surface area contributed by atoms with Crippen molar-refractivity contribution in [3.8, 4) is 5.75 Å². The normalized spacial score (nSPS) is 17.6. The number of hydrogen-bond donors (Lipinski definition) is 0. The van der Waals surface area contributed by atoms with Gasteiger partial charge in [-0.1, -0.05) is 36.4 Å². The van der Waals surface area contributed by atoms with Gasteiger partial charge in [-0.2, -0.15) is 0 Å². The smallest absolute Gasteiger partial charge is 0.141 e. The largest absolute Gasteiger partial charge is 0.497 e. The summed E-state index contributed by atoms with van der Waals surface area (Å²) in [5, 5.41) is 0. The van der Waals surface area contributed by atoms with Crippen LogP contribution in [0.4, 0.5) is 0 Å². The summed E-state index contributed by atoms with van der Waals surface area (Å²) in [6.07, 6.45) is 2.26. The molecule has 2 aromatic rings. The Balaban J connectivity index is 1.93. The molecule has 0 fully saturated rings. The predicted molar refractivity (Wildman–Crippen MR) is 79.2 cm³/mol. The summed E-state index contributed by atoms with van der Waals surface area (Å²) >= 11 is 0. The van der Waals surface area contributed by atoms with Crippen molar-refractivity contribution in [1.82, 2.24) is 0 Å². The van der Waals surface area contributed by atoms with Crippen LogP contribution in [0.25, 0.3) is 0 Å². The molecule has 2 nitrogen and oxygen atoms in total. The third-order valence-corrected chi connectivity index (χ3v) is 4.04. The zero-order valence-electron chi connectivity index (χ0n) is 11.6. The average molecular weight is 266 g/mol. The lowest BCUT2D eigenvalue weighted by Gasteiger charge is -2.25. The quantitative estimate of drug-likeness (QED) is 0.849. The molecule has 0 heterocycles. The van der Waals surface area contributed by atoms with Crippen molar-refractivity contribution < 1.29 is 9.53 Å². The second kappa shape index (κ2) is 5.49. The number of carbonyl (C=O) groups excluding carboxylic acids is 1. The van der Waals surface area contributed by atoms with E-state index in [2.05, 4.69) is 24.3 Å². The zero-order chi connectivity index (χ0) is 13.9. The molecule has 2 aromatic carbocycles. The Labute approximate surface area is 119 Å². The van der Waals surface area contributed by atoms with Crippen molar-refractivity contribution in [3.05, 3.63) is 65.2 Å². The minimum atomic E-state index is -0.00736. The van der Waals surface area contributed by atoms with Gasteiger partial charge in [0.1, 0.15) is 11.5 Å². The first kappa shape index (κ1) is 12.9. The first-order chi connectivity index (χ1) is 9.78. The molecule has 0 bridgehead atoms. The number of hydrogen-bond acceptors (Lipinski definition) is 2. The van der Waals surface area contributed by atoms with Gasteiger partial charge in [-0.05, 0) is 41.7 Å². The predicted octanol–water partition coefficient (Wildman–Crippen LogP) is 3.54. The molecule has 1 atom stereocenters. The van der Waals surface area contributed by atoms with Crippen molar-refractivity contribution in [3.63, 3.8) is 0 Å². The minimum Gasteiger partial charge on any atom is -0.497 e. The molecule has 0 saturated carbocycles. The topological polar surface area (TPSA) is 26.3 Å². The number of benzene rings is 2. The molecule has 1 aliphatic rings. The summed E-state index contributed by atoms with van der Waals surface area (Å²) in [7, 11) is 1.68. The monoisotopic (exact) mass is 266 g/mol. The lowest BCUT2D eigenvalue weighted by atomic mass is 9.78. The molecule has 102 valence electrons. The van der Waals surface area contributed by atoms with Crippen LogP contribution >= 0.6 is 0 Å². The summed E-state index contributed by atoms with van der Waals surface area (Å²) in [5.74, 6) is 1.22. The maximum atomic E-state index is 12.3. The molecule has 1 aliphatic carbocycles. The Bertz CT molecular complexity index is 617. The van der Waals surface area contributed by atoms with E-state index in [4.69, 9.17) is 4.74 Å². The molecular formula is C18H18O2. The van der Waals surface area contributed by atoms with Crippen LogP contribution in [-0.4, -0.2) is 12.9 Å². The van der Waals surface area contributed by atoms with Crippen molar-refractivity contribution in [2.24, 2.45) is 0 Å². The Morgan fingerprint density at radius 1 is 1.10 bits per heavy atom. The fourth-order valence-corrected chi connectivity index (χ4v) is 2.94. The summed E-state index contributed by atoms with van der Waals surface area (Å²) in [5.41, 5.74) is 3.64. The van der Waals surface area contributed by atoms with Gasteiger partial charge in [0.2, 0.25) is 0 Å². The lowest BCUT2D eigenvalue weighted by Crippen LogP contribution is -2.22. The third-order valence-electron chi connectivity index (χ3n) is 4.04. The Morgan fingerprint density at radius 2 is 1.90 bits per heavy atom. The molecule has 0 aliphatic heterocycles. The second-order valence-corrected chi connectivity index (χ2v) is 5.27. The van der Waals surface area contributed by atoms with Crippen LogP contribution in [0, 0.1) is 0 Å². The van der Waals surface area contributed by atoms with E-state index in [1.165, 1.54) is 16.7 Å².